The van der Waals surface area contributed by atoms with Gasteiger partial charge in [0.1, 0.15) is 0 Å². The van der Waals surface area contributed by atoms with E-state index in [1.54, 1.807) is 6.07 Å². The average Bonchev–Trinajstić information content (AvgIpc) is 3.12. The summed E-state index contributed by atoms with van der Waals surface area (Å²) in [5.74, 6) is 1.15. The van der Waals surface area contributed by atoms with Crippen LogP contribution in [-0.4, -0.2) is 21.5 Å². The van der Waals surface area contributed by atoms with Crippen LogP contribution >= 0.6 is 11.3 Å². The molecule has 108 valence electrons. The van der Waals surface area contributed by atoms with Crippen LogP contribution in [-0.2, 0) is 16.6 Å². The average molecular weight is 302 g/mol. The first-order valence-electron chi connectivity index (χ1n) is 6.81. The molecule has 0 saturated heterocycles. The van der Waals surface area contributed by atoms with E-state index in [1.165, 1.54) is 24.2 Å². The summed E-state index contributed by atoms with van der Waals surface area (Å²) in [6, 6.07) is 1.70. The summed E-state index contributed by atoms with van der Waals surface area (Å²) in [6.07, 6.45) is 2.49. The van der Waals surface area contributed by atoms with Crippen molar-refractivity contribution in [2.75, 3.05) is 13.1 Å². The lowest BCUT2D eigenvalue weighted by Gasteiger charge is -2.12. The zero-order valence-corrected chi connectivity index (χ0v) is 13.1. The Kier molecular flexibility index (Phi) is 5.00. The van der Waals surface area contributed by atoms with Crippen LogP contribution in [0, 0.1) is 11.8 Å². The Hall–Kier alpha value is -0.430. The fraction of sp³-hybridized carbons (Fsp3) is 0.692. The highest BCUT2D eigenvalue weighted by molar-refractivity contribution is 7.89. The summed E-state index contributed by atoms with van der Waals surface area (Å²) in [5, 5.41) is 5.01. The summed E-state index contributed by atoms with van der Waals surface area (Å²) < 4.78 is 27.3. The number of sulfonamides is 1. The van der Waals surface area contributed by atoms with Crippen molar-refractivity contribution in [2.45, 2.75) is 38.1 Å². The smallest absolute Gasteiger partial charge is 0.241 e. The first kappa shape index (κ1) is 15.0. The van der Waals surface area contributed by atoms with Crippen molar-refractivity contribution in [3.8, 4) is 0 Å². The predicted octanol–water partition coefficient (Wildman–Crippen LogP) is 2.18. The molecule has 0 spiro atoms. The minimum Gasteiger partial charge on any atom is -0.312 e. The highest BCUT2D eigenvalue weighted by Crippen LogP contribution is 2.36. The molecule has 1 heterocycles. The normalized spacial score (nSPS) is 17.6. The van der Waals surface area contributed by atoms with Crippen LogP contribution in [0.3, 0.4) is 0 Å². The van der Waals surface area contributed by atoms with E-state index in [0.29, 0.717) is 29.8 Å². The van der Waals surface area contributed by atoms with Crippen LogP contribution in [0.25, 0.3) is 0 Å². The molecule has 1 aliphatic carbocycles. The summed E-state index contributed by atoms with van der Waals surface area (Å²) in [4.78, 5) is 1.31. The molecular formula is C13H22N2O2S2. The third-order valence-corrected chi connectivity index (χ3v) is 6.11. The predicted molar refractivity (Wildman–Crippen MR) is 78.8 cm³/mol. The maximum absolute atomic E-state index is 12.3. The second-order valence-electron chi connectivity index (χ2n) is 5.15. The molecule has 1 unspecified atom stereocenters. The van der Waals surface area contributed by atoms with Gasteiger partial charge in [-0.25, -0.2) is 13.1 Å². The molecule has 1 aromatic rings. The second-order valence-corrected chi connectivity index (χ2v) is 7.89. The van der Waals surface area contributed by atoms with Gasteiger partial charge in [-0.2, -0.15) is 0 Å². The minimum atomic E-state index is -3.36. The largest absolute Gasteiger partial charge is 0.312 e. The van der Waals surface area contributed by atoms with Gasteiger partial charge in [0, 0.05) is 18.0 Å². The summed E-state index contributed by atoms with van der Waals surface area (Å²) in [7, 11) is -3.36. The van der Waals surface area contributed by atoms with Crippen molar-refractivity contribution in [1.29, 1.82) is 0 Å². The molecule has 1 atom stereocenters. The molecule has 2 rings (SSSR count). The van der Waals surface area contributed by atoms with Crippen molar-refractivity contribution in [3.63, 3.8) is 0 Å². The molecule has 0 amide bonds. The van der Waals surface area contributed by atoms with Crippen molar-refractivity contribution >= 4 is 21.4 Å². The standard InChI is InChI=1S/C13H22N2O2S2/c1-3-14-9-12-13(6-7-18-12)19(16,17)15-8-10(2)11-4-5-11/h6-7,10-11,14-15H,3-5,8-9H2,1-2H3. The van der Waals surface area contributed by atoms with Crippen molar-refractivity contribution in [2.24, 2.45) is 11.8 Å². The van der Waals surface area contributed by atoms with Crippen LogP contribution in [0.5, 0.6) is 0 Å². The maximum atomic E-state index is 12.3. The summed E-state index contributed by atoms with van der Waals surface area (Å²) in [5.41, 5.74) is 0. The van der Waals surface area contributed by atoms with Gasteiger partial charge in [-0.05, 0) is 42.7 Å². The number of hydrogen-bond acceptors (Lipinski definition) is 4. The van der Waals surface area contributed by atoms with Crippen LogP contribution in [0.1, 0.15) is 31.6 Å². The number of hydrogen-bond donors (Lipinski definition) is 2. The first-order chi connectivity index (χ1) is 9.04. The molecule has 1 aliphatic rings. The quantitative estimate of drug-likeness (QED) is 0.774. The monoisotopic (exact) mass is 302 g/mol. The molecule has 6 heteroatoms. The molecule has 1 saturated carbocycles. The molecule has 4 nitrogen and oxygen atoms in total. The Labute approximate surface area is 119 Å². The van der Waals surface area contributed by atoms with Gasteiger partial charge in [0.15, 0.2) is 0 Å². The Balaban J connectivity index is 1.99. The molecule has 1 aromatic heterocycles. The van der Waals surface area contributed by atoms with Gasteiger partial charge < -0.3 is 5.32 Å². The van der Waals surface area contributed by atoms with Gasteiger partial charge in [-0.3, -0.25) is 0 Å². The Morgan fingerprint density at radius 2 is 2.21 bits per heavy atom. The molecule has 0 radical (unpaired) electrons. The maximum Gasteiger partial charge on any atom is 0.241 e. The third kappa shape index (κ3) is 4.02. The van der Waals surface area contributed by atoms with Gasteiger partial charge in [-0.1, -0.05) is 13.8 Å². The van der Waals surface area contributed by atoms with Crippen LogP contribution < -0.4 is 10.0 Å². The minimum absolute atomic E-state index is 0.432. The Morgan fingerprint density at radius 1 is 1.47 bits per heavy atom. The van der Waals surface area contributed by atoms with Gasteiger partial charge >= 0.3 is 0 Å². The molecule has 0 aromatic carbocycles. The lowest BCUT2D eigenvalue weighted by atomic mass is 10.1. The number of thiophene rings is 1. The van der Waals surface area contributed by atoms with E-state index in [2.05, 4.69) is 17.0 Å². The number of rotatable bonds is 8. The van der Waals surface area contributed by atoms with Crippen molar-refractivity contribution in [1.82, 2.24) is 10.0 Å². The Bertz CT molecular complexity index is 506. The molecular weight excluding hydrogens is 280 g/mol. The third-order valence-electron chi connectivity index (χ3n) is 3.55. The lowest BCUT2D eigenvalue weighted by molar-refractivity contribution is 0.491. The first-order valence-corrected chi connectivity index (χ1v) is 9.17. The van der Waals surface area contributed by atoms with Crippen LogP contribution in [0.2, 0.25) is 0 Å². The molecule has 1 fully saturated rings. The van der Waals surface area contributed by atoms with E-state index in [1.807, 2.05) is 12.3 Å². The van der Waals surface area contributed by atoms with Crippen molar-refractivity contribution in [3.05, 3.63) is 16.3 Å². The van der Waals surface area contributed by atoms with E-state index < -0.39 is 10.0 Å². The van der Waals surface area contributed by atoms with Gasteiger partial charge in [0.2, 0.25) is 10.0 Å². The van der Waals surface area contributed by atoms with E-state index in [0.717, 1.165) is 11.4 Å². The van der Waals surface area contributed by atoms with Gasteiger partial charge in [0.25, 0.3) is 0 Å². The van der Waals surface area contributed by atoms with E-state index in [9.17, 15) is 8.42 Å². The second kappa shape index (κ2) is 6.35. The van der Waals surface area contributed by atoms with E-state index in [4.69, 9.17) is 0 Å². The zero-order valence-electron chi connectivity index (χ0n) is 11.5. The SMILES string of the molecule is CCNCc1sccc1S(=O)(=O)NCC(C)C1CC1. The zero-order chi connectivity index (χ0) is 13.9. The van der Waals surface area contributed by atoms with Gasteiger partial charge in [-0.15, -0.1) is 11.3 Å². The fourth-order valence-electron chi connectivity index (χ4n) is 2.09. The molecule has 0 aliphatic heterocycles. The fourth-order valence-corrected chi connectivity index (χ4v) is 4.64. The molecule has 2 N–H and O–H groups in total. The molecule has 19 heavy (non-hydrogen) atoms. The lowest BCUT2D eigenvalue weighted by Crippen LogP contribution is -2.29. The summed E-state index contributed by atoms with van der Waals surface area (Å²) in [6.45, 7) is 6.13. The summed E-state index contributed by atoms with van der Waals surface area (Å²) >= 11 is 1.49. The van der Waals surface area contributed by atoms with Crippen LogP contribution in [0.4, 0.5) is 0 Å². The number of nitrogens with one attached hydrogen (secondary N) is 2. The Morgan fingerprint density at radius 3 is 2.84 bits per heavy atom. The van der Waals surface area contributed by atoms with E-state index >= 15 is 0 Å². The van der Waals surface area contributed by atoms with Crippen molar-refractivity contribution < 1.29 is 8.42 Å². The highest BCUT2D eigenvalue weighted by atomic mass is 32.2. The topological polar surface area (TPSA) is 58.2 Å². The van der Waals surface area contributed by atoms with E-state index in [-0.39, 0.29) is 0 Å². The highest BCUT2D eigenvalue weighted by Gasteiger charge is 2.29. The van der Waals surface area contributed by atoms with Crippen LogP contribution in [0.15, 0.2) is 16.3 Å². The van der Waals surface area contributed by atoms with Gasteiger partial charge in [0.05, 0.1) is 4.90 Å². The molecule has 0 bridgehead atoms.